The third-order valence-corrected chi connectivity index (χ3v) is 7.85. The Kier molecular flexibility index (Phi) is 7.92. The van der Waals surface area contributed by atoms with Crippen LogP contribution in [0.15, 0.2) is 72.9 Å². The number of fused-ring (bicyclic) bond motifs is 2. The largest absolute Gasteiger partial charge is 0.493 e. The van der Waals surface area contributed by atoms with Gasteiger partial charge in [-0.1, -0.05) is 42.0 Å². The Bertz CT molecular complexity index is 1920. The van der Waals surface area contributed by atoms with Gasteiger partial charge >= 0.3 is 24.3 Å². The number of halogens is 6. The zero-order valence-electron chi connectivity index (χ0n) is 24.2. The standard InChI is InChI=1S/C32H26F6N4O4/c1-19-8-10-20(11-9-19)27-25(18-40-14-16-41(17-15-40)23-5-2-4-22-21(23)12-13-39-22)42(46-30(44)32(36,37)38)24-6-3-7-26(28(24)27)45-29(43)31(33,34)35/h2-13,39H,14-18H2,1H3. The number of benzene rings is 3. The van der Waals surface area contributed by atoms with E-state index in [1.807, 2.05) is 42.3 Å². The summed E-state index contributed by atoms with van der Waals surface area (Å²) in [7, 11) is 0. The molecule has 0 atom stereocenters. The monoisotopic (exact) mass is 644 g/mol. The number of aromatic nitrogens is 2. The Morgan fingerprint density at radius 2 is 1.50 bits per heavy atom. The van der Waals surface area contributed by atoms with E-state index >= 15 is 0 Å². The Morgan fingerprint density at radius 3 is 2.17 bits per heavy atom. The lowest BCUT2D eigenvalue weighted by molar-refractivity contribution is -0.199. The van der Waals surface area contributed by atoms with Gasteiger partial charge in [-0.2, -0.15) is 31.1 Å². The normalized spacial score (nSPS) is 14.6. The lowest BCUT2D eigenvalue weighted by Crippen LogP contribution is -2.46. The number of anilines is 1. The molecule has 0 radical (unpaired) electrons. The summed E-state index contributed by atoms with van der Waals surface area (Å²) in [6, 6.07) is 18.2. The zero-order valence-corrected chi connectivity index (χ0v) is 24.2. The fourth-order valence-electron chi connectivity index (χ4n) is 5.69. The van der Waals surface area contributed by atoms with Crippen LogP contribution in [-0.4, -0.2) is 65.1 Å². The first-order valence-electron chi connectivity index (χ1n) is 14.2. The molecule has 5 aromatic rings. The predicted molar refractivity (Wildman–Crippen MR) is 157 cm³/mol. The third-order valence-electron chi connectivity index (χ3n) is 7.85. The minimum atomic E-state index is -5.37. The summed E-state index contributed by atoms with van der Waals surface area (Å²) in [5.41, 5.74) is 3.27. The molecule has 0 unspecified atom stereocenters. The summed E-state index contributed by atoms with van der Waals surface area (Å²) in [5.74, 6) is -5.59. The third kappa shape index (κ3) is 5.99. The van der Waals surface area contributed by atoms with Crippen LogP contribution >= 0.6 is 0 Å². The fraction of sp³-hybridized carbons (Fsp3) is 0.250. The van der Waals surface area contributed by atoms with Crippen molar-refractivity contribution in [3.8, 4) is 16.9 Å². The molecule has 2 aromatic heterocycles. The minimum absolute atomic E-state index is 0.0438. The summed E-state index contributed by atoms with van der Waals surface area (Å²) in [6.07, 6.45) is -8.87. The number of esters is 1. The van der Waals surface area contributed by atoms with E-state index in [0.29, 0.717) is 36.5 Å². The van der Waals surface area contributed by atoms with Crippen molar-refractivity contribution in [2.75, 3.05) is 31.1 Å². The highest BCUT2D eigenvalue weighted by atomic mass is 19.4. The molecular weight excluding hydrogens is 618 g/mol. The summed E-state index contributed by atoms with van der Waals surface area (Å²) in [6.45, 7) is 3.79. The number of rotatable bonds is 6. The van der Waals surface area contributed by atoms with Gasteiger partial charge in [0.05, 0.1) is 16.6 Å². The zero-order chi connectivity index (χ0) is 32.8. The maximum atomic E-state index is 13.5. The molecule has 6 rings (SSSR count). The average Bonchev–Trinajstić information content (AvgIpc) is 3.61. The molecule has 0 bridgehead atoms. The number of alkyl halides is 6. The summed E-state index contributed by atoms with van der Waals surface area (Å²) >= 11 is 0. The quantitative estimate of drug-likeness (QED) is 0.131. The van der Waals surface area contributed by atoms with Gasteiger partial charge in [-0.3, -0.25) is 4.90 Å². The van der Waals surface area contributed by atoms with Gasteiger partial charge in [0.15, 0.2) is 0 Å². The van der Waals surface area contributed by atoms with E-state index in [1.54, 1.807) is 24.3 Å². The van der Waals surface area contributed by atoms with Crippen molar-refractivity contribution in [3.63, 3.8) is 0 Å². The van der Waals surface area contributed by atoms with E-state index in [-0.39, 0.29) is 28.7 Å². The smallest absolute Gasteiger partial charge is 0.419 e. The van der Waals surface area contributed by atoms with Crippen LogP contribution < -0.4 is 14.5 Å². The van der Waals surface area contributed by atoms with E-state index in [0.717, 1.165) is 28.2 Å². The molecule has 0 aliphatic carbocycles. The molecule has 8 nitrogen and oxygen atoms in total. The maximum absolute atomic E-state index is 13.5. The van der Waals surface area contributed by atoms with Crippen LogP contribution in [0.5, 0.6) is 5.75 Å². The topological polar surface area (TPSA) is 79.8 Å². The van der Waals surface area contributed by atoms with Crippen molar-refractivity contribution in [3.05, 3.63) is 84.2 Å². The highest BCUT2D eigenvalue weighted by Gasteiger charge is 2.44. The van der Waals surface area contributed by atoms with Gasteiger partial charge in [0.2, 0.25) is 0 Å². The maximum Gasteiger partial charge on any atom is 0.493 e. The van der Waals surface area contributed by atoms with Gasteiger partial charge in [0.1, 0.15) is 5.75 Å². The highest BCUT2D eigenvalue weighted by Crippen LogP contribution is 2.42. The molecule has 1 aliphatic rings. The number of carbonyl (C=O) groups is 2. The SMILES string of the molecule is Cc1ccc(-c2c(CN3CCN(c4cccc5[nH]ccc45)CC3)n(OC(=O)C(F)(F)F)c3cccc(OC(=O)C(F)(F)F)c23)cc1. The van der Waals surface area contributed by atoms with Crippen LogP contribution in [0.3, 0.4) is 0 Å². The molecule has 1 aliphatic heterocycles. The van der Waals surface area contributed by atoms with Crippen molar-refractivity contribution >= 4 is 39.4 Å². The molecule has 46 heavy (non-hydrogen) atoms. The van der Waals surface area contributed by atoms with Crippen molar-refractivity contribution in [1.82, 2.24) is 14.6 Å². The van der Waals surface area contributed by atoms with Crippen LogP contribution in [0.1, 0.15) is 11.3 Å². The number of aromatic amines is 1. The highest BCUT2D eigenvalue weighted by molar-refractivity contribution is 6.03. The Balaban J connectivity index is 1.44. The first kappa shape index (κ1) is 31.0. The molecule has 3 aromatic carbocycles. The second-order valence-corrected chi connectivity index (χ2v) is 10.9. The number of aryl methyl sites for hydroxylation is 1. The van der Waals surface area contributed by atoms with Crippen LogP contribution in [0, 0.1) is 6.92 Å². The molecule has 0 saturated carbocycles. The van der Waals surface area contributed by atoms with Crippen LogP contribution in [0.4, 0.5) is 32.0 Å². The number of piperazine rings is 1. The van der Waals surface area contributed by atoms with E-state index in [1.165, 1.54) is 12.1 Å². The van der Waals surface area contributed by atoms with E-state index < -0.39 is 30.0 Å². The van der Waals surface area contributed by atoms with E-state index in [9.17, 15) is 35.9 Å². The molecule has 1 saturated heterocycles. The number of hydrogen-bond donors (Lipinski definition) is 1. The van der Waals surface area contributed by atoms with Crippen molar-refractivity contribution < 1.29 is 45.5 Å². The first-order chi connectivity index (χ1) is 21.8. The Hall–Kier alpha value is -4.98. The summed E-state index contributed by atoms with van der Waals surface area (Å²) < 4.78 is 85.5. The van der Waals surface area contributed by atoms with Gasteiger partial charge in [-0.15, -0.1) is 0 Å². The average molecular weight is 645 g/mol. The Morgan fingerprint density at radius 1 is 0.826 bits per heavy atom. The number of hydrogen-bond acceptors (Lipinski definition) is 6. The molecule has 1 fully saturated rings. The second-order valence-electron chi connectivity index (χ2n) is 10.9. The molecule has 3 heterocycles. The summed E-state index contributed by atoms with van der Waals surface area (Å²) in [5, 5.41) is 0.921. The second kappa shape index (κ2) is 11.7. The van der Waals surface area contributed by atoms with Gasteiger partial charge in [-0.05, 0) is 42.8 Å². The van der Waals surface area contributed by atoms with Gasteiger partial charge in [0.25, 0.3) is 0 Å². The number of H-pyrrole nitrogens is 1. The predicted octanol–water partition coefficient (Wildman–Crippen LogP) is 6.41. The van der Waals surface area contributed by atoms with Gasteiger partial charge < -0.3 is 19.5 Å². The van der Waals surface area contributed by atoms with E-state index in [2.05, 4.69) is 9.88 Å². The number of carbonyl (C=O) groups excluding carboxylic acids is 2. The number of ether oxygens (including phenoxy) is 1. The molecular formula is C32H26F6N4O4. The molecule has 0 amide bonds. The fourth-order valence-corrected chi connectivity index (χ4v) is 5.69. The van der Waals surface area contributed by atoms with Crippen molar-refractivity contribution in [2.24, 2.45) is 0 Å². The molecule has 1 N–H and O–H groups in total. The molecule has 14 heteroatoms. The van der Waals surface area contributed by atoms with Gasteiger partial charge in [-0.25, -0.2) is 9.59 Å². The van der Waals surface area contributed by atoms with Crippen molar-refractivity contribution in [2.45, 2.75) is 25.8 Å². The van der Waals surface area contributed by atoms with E-state index in [4.69, 9.17) is 9.57 Å². The number of nitrogens with zero attached hydrogens (tertiary/aromatic N) is 3. The molecule has 240 valence electrons. The van der Waals surface area contributed by atoms with Crippen LogP contribution in [0.2, 0.25) is 0 Å². The summed E-state index contributed by atoms with van der Waals surface area (Å²) in [4.78, 5) is 36.3. The van der Waals surface area contributed by atoms with Crippen LogP contribution in [0.25, 0.3) is 32.9 Å². The van der Waals surface area contributed by atoms with Gasteiger partial charge in [0, 0.05) is 61.1 Å². The lowest BCUT2D eigenvalue weighted by atomic mass is 9.99. The van der Waals surface area contributed by atoms with Crippen molar-refractivity contribution in [1.29, 1.82) is 0 Å². The first-order valence-corrected chi connectivity index (χ1v) is 14.2. The Labute approximate surface area is 257 Å². The number of nitrogens with one attached hydrogen (secondary N) is 1. The molecule has 0 spiro atoms. The minimum Gasteiger partial charge on any atom is -0.419 e. The van der Waals surface area contributed by atoms with Crippen LogP contribution in [-0.2, 0) is 16.1 Å². The lowest BCUT2D eigenvalue weighted by Gasteiger charge is -2.36.